The summed E-state index contributed by atoms with van der Waals surface area (Å²) in [6.07, 6.45) is 6.09. The van der Waals surface area contributed by atoms with Crippen LogP contribution in [-0.4, -0.2) is 30.9 Å². The van der Waals surface area contributed by atoms with Gasteiger partial charge in [-0.25, -0.2) is 0 Å². The molecule has 102 valence electrons. The second-order valence-electron chi connectivity index (χ2n) is 5.73. The average molecular weight is 242 g/mol. The molecule has 0 heterocycles. The van der Waals surface area contributed by atoms with Crippen LogP contribution in [0.4, 0.5) is 0 Å². The zero-order valence-electron chi connectivity index (χ0n) is 12.1. The minimum absolute atomic E-state index is 0.189. The van der Waals surface area contributed by atoms with Gasteiger partial charge in [-0.3, -0.25) is 4.79 Å². The van der Waals surface area contributed by atoms with Crippen LogP contribution in [0.25, 0.3) is 0 Å². The average Bonchev–Trinajstić information content (AvgIpc) is 2.26. The Labute approximate surface area is 107 Å². The summed E-state index contributed by atoms with van der Waals surface area (Å²) in [6.45, 7) is 8.14. The van der Waals surface area contributed by atoms with E-state index in [2.05, 4.69) is 20.8 Å². The third-order valence-electron chi connectivity index (χ3n) is 3.36. The summed E-state index contributed by atoms with van der Waals surface area (Å²) in [5.74, 6) is 0.270. The molecular weight excluding hydrogens is 212 g/mol. The highest BCUT2D eigenvalue weighted by Gasteiger charge is 2.19. The van der Waals surface area contributed by atoms with Gasteiger partial charge in [0.1, 0.15) is 0 Å². The van der Waals surface area contributed by atoms with E-state index in [0.717, 1.165) is 25.8 Å². The van der Waals surface area contributed by atoms with Crippen LogP contribution >= 0.6 is 0 Å². The molecule has 0 rings (SSSR count). The van der Waals surface area contributed by atoms with E-state index in [1.807, 2.05) is 11.9 Å². The molecule has 3 nitrogen and oxygen atoms in total. The monoisotopic (exact) mass is 242 g/mol. The molecule has 0 aliphatic heterocycles. The lowest BCUT2D eigenvalue weighted by molar-refractivity contribution is -0.130. The summed E-state index contributed by atoms with van der Waals surface area (Å²) >= 11 is 0. The molecule has 0 bridgehead atoms. The van der Waals surface area contributed by atoms with Gasteiger partial charge in [-0.15, -0.1) is 0 Å². The van der Waals surface area contributed by atoms with Crippen LogP contribution in [0.2, 0.25) is 0 Å². The standard InChI is InChI=1S/C14H30N2O/c1-5-6-7-12-16(4)13(17)8-9-14(2,3)10-11-15/h5-12,15H2,1-4H3. The summed E-state index contributed by atoms with van der Waals surface area (Å²) in [5, 5.41) is 0. The second-order valence-corrected chi connectivity index (χ2v) is 5.73. The van der Waals surface area contributed by atoms with Crippen molar-refractivity contribution in [1.29, 1.82) is 0 Å². The third-order valence-corrected chi connectivity index (χ3v) is 3.36. The van der Waals surface area contributed by atoms with Crippen molar-refractivity contribution in [2.45, 2.75) is 59.3 Å². The number of hydrogen-bond donors (Lipinski definition) is 1. The number of nitrogens with two attached hydrogens (primary N) is 1. The van der Waals surface area contributed by atoms with Crippen molar-refractivity contribution in [3.8, 4) is 0 Å². The van der Waals surface area contributed by atoms with Crippen LogP contribution in [0.15, 0.2) is 0 Å². The molecule has 0 spiro atoms. The van der Waals surface area contributed by atoms with Crippen molar-refractivity contribution >= 4 is 5.91 Å². The Morgan fingerprint density at radius 1 is 1.24 bits per heavy atom. The maximum Gasteiger partial charge on any atom is 0.222 e. The third kappa shape index (κ3) is 8.19. The van der Waals surface area contributed by atoms with Crippen molar-refractivity contribution in [3.63, 3.8) is 0 Å². The van der Waals surface area contributed by atoms with Gasteiger partial charge in [0.15, 0.2) is 0 Å². The van der Waals surface area contributed by atoms with E-state index >= 15 is 0 Å². The topological polar surface area (TPSA) is 46.3 Å². The quantitative estimate of drug-likeness (QED) is 0.632. The molecule has 0 saturated heterocycles. The Hall–Kier alpha value is -0.570. The number of amides is 1. The molecule has 0 unspecified atom stereocenters. The summed E-state index contributed by atoms with van der Waals surface area (Å²) in [6, 6.07) is 0. The second kappa shape index (κ2) is 8.51. The van der Waals surface area contributed by atoms with Crippen molar-refractivity contribution < 1.29 is 4.79 Å². The molecule has 0 aromatic heterocycles. The van der Waals surface area contributed by atoms with Crippen LogP contribution in [0.3, 0.4) is 0 Å². The molecule has 0 atom stereocenters. The SMILES string of the molecule is CCCCCN(C)C(=O)CCC(C)(C)CCN. The van der Waals surface area contributed by atoms with Gasteiger partial charge in [0, 0.05) is 20.0 Å². The van der Waals surface area contributed by atoms with Crippen LogP contribution in [0.1, 0.15) is 59.3 Å². The highest BCUT2D eigenvalue weighted by Crippen LogP contribution is 2.26. The first-order valence-corrected chi connectivity index (χ1v) is 6.87. The van der Waals surface area contributed by atoms with E-state index in [-0.39, 0.29) is 11.3 Å². The largest absolute Gasteiger partial charge is 0.346 e. The smallest absolute Gasteiger partial charge is 0.222 e. The summed E-state index contributed by atoms with van der Waals surface area (Å²) in [5.41, 5.74) is 5.76. The van der Waals surface area contributed by atoms with Crippen LogP contribution in [-0.2, 0) is 4.79 Å². The Bertz CT molecular complexity index is 214. The van der Waals surface area contributed by atoms with E-state index in [0.29, 0.717) is 13.0 Å². The van der Waals surface area contributed by atoms with Gasteiger partial charge < -0.3 is 10.6 Å². The molecule has 1 amide bonds. The number of unbranched alkanes of at least 4 members (excludes halogenated alkanes) is 2. The molecule has 0 aliphatic carbocycles. The van der Waals surface area contributed by atoms with Crippen LogP contribution in [0, 0.1) is 5.41 Å². The van der Waals surface area contributed by atoms with Crippen molar-refractivity contribution in [2.75, 3.05) is 20.1 Å². The zero-order valence-corrected chi connectivity index (χ0v) is 12.1. The number of carbonyl (C=O) groups excluding carboxylic acids is 1. The van der Waals surface area contributed by atoms with E-state index < -0.39 is 0 Å². The zero-order chi connectivity index (χ0) is 13.3. The number of nitrogens with zero attached hydrogens (tertiary/aromatic N) is 1. The van der Waals surface area contributed by atoms with Gasteiger partial charge in [0.05, 0.1) is 0 Å². The highest BCUT2D eigenvalue weighted by molar-refractivity contribution is 5.75. The first-order chi connectivity index (χ1) is 7.93. The van der Waals surface area contributed by atoms with Gasteiger partial charge in [0.25, 0.3) is 0 Å². The lowest BCUT2D eigenvalue weighted by atomic mass is 9.84. The molecule has 0 saturated carbocycles. The van der Waals surface area contributed by atoms with Gasteiger partial charge in [-0.05, 0) is 31.2 Å². The van der Waals surface area contributed by atoms with Crippen molar-refractivity contribution in [3.05, 3.63) is 0 Å². The Morgan fingerprint density at radius 3 is 2.41 bits per heavy atom. The summed E-state index contributed by atoms with van der Waals surface area (Å²) in [4.78, 5) is 13.8. The molecule has 17 heavy (non-hydrogen) atoms. The minimum atomic E-state index is 0.189. The fraction of sp³-hybridized carbons (Fsp3) is 0.929. The number of rotatable bonds is 9. The Kier molecular flexibility index (Phi) is 8.23. The Balaban J connectivity index is 3.84. The molecule has 0 fully saturated rings. The van der Waals surface area contributed by atoms with E-state index in [9.17, 15) is 4.79 Å². The van der Waals surface area contributed by atoms with Gasteiger partial charge in [0.2, 0.25) is 5.91 Å². The van der Waals surface area contributed by atoms with Crippen LogP contribution in [0.5, 0.6) is 0 Å². The lowest BCUT2D eigenvalue weighted by Crippen LogP contribution is -2.29. The molecule has 2 N–H and O–H groups in total. The summed E-state index contributed by atoms with van der Waals surface area (Å²) < 4.78 is 0. The Morgan fingerprint density at radius 2 is 1.88 bits per heavy atom. The van der Waals surface area contributed by atoms with E-state index in [1.165, 1.54) is 12.8 Å². The predicted molar refractivity (Wildman–Crippen MR) is 73.8 cm³/mol. The maximum absolute atomic E-state index is 11.9. The highest BCUT2D eigenvalue weighted by atomic mass is 16.2. The minimum Gasteiger partial charge on any atom is -0.346 e. The number of carbonyl (C=O) groups is 1. The van der Waals surface area contributed by atoms with E-state index in [1.54, 1.807) is 0 Å². The molecule has 0 aliphatic rings. The number of hydrogen-bond acceptors (Lipinski definition) is 2. The summed E-state index contributed by atoms with van der Waals surface area (Å²) in [7, 11) is 1.91. The first-order valence-electron chi connectivity index (χ1n) is 6.87. The van der Waals surface area contributed by atoms with Gasteiger partial charge in [-0.1, -0.05) is 33.6 Å². The molecule has 3 heteroatoms. The van der Waals surface area contributed by atoms with E-state index in [4.69, 9.17) is 5.73 Å². The normalized spacial score (nSPS) is 11.6. The van der Waals surface area contributed by atoms with Crippen molar-refractivity contribution in [2.24, 2.45) is 11.1 Å². The predicted octanol–water partition coefficient (Wildman–Crippen LogP) is 2.79. The van der Waals surface area contributed by atoms with Gasteiger partial charge in [-0.2, -0.15) is 0 Å². The van der Waals surface area contributed by atoms with Crippen molar-refractivity contribution in [1.82, 2.24) is 4.90 Å². The molecular formula is C14H30N2O. The molecule has 0 radical (unpaired) electrons. The lowest BCUT2D eigenvalue weighted by Gasteiger charge is -2.25. The van der Waals surface area contributed by atoms with Gasteiger partial charge >= 0.3 is 0 Å². The van der Waals surface area contributed by atoms with Crippen LogP contribution < -0.4 is 5.73 Å². The molecule has 0 aromatic carbocycles. The fourth-order valence-electron chi connectivity index (χ4n) is 1.88. The molecule has 0 aromatic rings. The fourth-order valence-corrected chi connectivity index (χ4v) is 1.88. The first kappa shape index (κ1) is 16.4. The maximum atomic E-state index is 11.9.